The van der Waals surface area contributed by atoms with E-state index in [1.165, 1.54) is 0 Å². The molecule has 5 heteroatoms. The van der Waals surface area contributed by atoms with E-state index in [2.05, 4.69) is 63.7 Å². The topological polar surface area (TPSA) is 81.2 Å². The molecule has 5 nitrogen and oxygen atoms in total. The lowest BCUT2D eigenvalue weighted by Crippen LogP contribution is -2.04. The van der Waals surface area contributed by atoms with Crippen molar-refractivity contribution in [2.75, 3.05) is 0 Å². The quantitative estimate of drug-likeness (QED) is 0.216. The Hall–Kier alpha value is -6.61. The maximum absolute atomic E-state index is 10.5. The minimum Gasteiger partial charge on any atom is -0.308 e. The highest BCUT2D eigenvalue weighted by Crippen LogP contribution is 2.41. The maximum Gasteiger partial charge on any atom is 0.101 e. The molecule has 0 amide bonds. The van der Waals surface area contributed by atoms with Crippen molar-refractivity contribution in [1.29, 1.82) is 15.8 Å². The van der Waals surface area contributed by atoms with Gasteiger partial charge in [0, 0.05) is 27.1 Å². The van der Waals surface area contributed by atoms with Gasteiger partial charge in [0.25, 0.3) is 0 Å². The van der Waals surface area contributed by atoms with E-state index in [-0.39, 0.29) is 0 Å². The van der Waals surface area contributed by atoms with Gasteiger partial charge in [-0.3, -0.25) is 0 Å². The first-order chi connectivity index (χ1) is 21.7. The molecule has 2 heterocycles. The van der Waals surface area contributed by atoms with Crippen molar-refractivity contribution < 1.29 is 0 Å². The van der Waals surface area contributed by atoms with Gasteiger partial charge in [-0.25, -0.2) is 0 Å². The van der Waals surface area contributed by atoms with Crippen LogP contribution in [0.25, 0.3) is 66.1 Å². The van der Waals surface area contributed by atoms with Crippen LogP contribution >= 0.6 is 0 Å². The zero-order chi connectivity index (χ0) is 29.8. The van der Waals surface area contributed by atoms with E-state index >= 15 is 0 Å². The van der Waals surface area contributed by atoms with Crippen LogP contribution in [0.3, 0.4) is 0 Å². The first-order valence-corrected chi connectivity index (χ1v) is 14.2. The Labute approximate surface area is 252 Å². The molecule has 0 saturated heterocycles. The second-order valence-electron chi connectivity index (χ2n) is 10.7. The highest BCUT2D eigenvalue weighted by Gasteiger charge is 2.23. The predicted molar refractivity (Wildman–Crippen MR) is 175 cm³/mol. The van der Waals surface area contributed by atoms with E-state index < -0.39 is 0 Å². The molecule has 0 aliphatic carbocycles. The number of rotatable bonds is 3. The number of fused-ring (bicyclic) bond motifs is 6. The number of nitrogens with zero attached hydrogens (tertiary/aromatic N) is 5. The molecule has 0 unspecified atom stereocenters. The van der Waals surface area contributed by atoms with Gasteiger partial charge in [-0.15, -0.1) is 0 Å². The van der Waals surface area contributed by atoms with E-state index in [0.29, 0.717) is 33.5 Å². The molecule has 0 aliphatic heterocycles. The van der Waals surface area contributed by atoms with Gasteiger partial charge in [-0.2, -0.15) is 15.8 Å². The fourth-order valence-corrected chi connectivity index (χ4v) is 6.62. The molecular weight excluding hydrogens is 538 g/mol. The van der Waals surface area contributed by atoms with E-state index in [9.17, 15) is 15.8 Å². The second-order valence-corrected chi connectivity index (χ2v) is 10.7. The van der Waals surface area contributed by atoms with Gasteiger partial charge in [0.1, 0.15) is 12.1 Å². The van der Waals surface area contributed by atoms with Crippen molar-refractivity contribution >= 4 is 43.6 Å². The molecule has 0 atom stereocenters. The van der Waals surface area contributed by atoms with Crippen LogP contribution in [0.15, 0.2) is 127 Å². The Bertz CT molecular complexity index is 2490. The molecule has 6 aromatic carbocycles. The summed E-state index contributed by atoms with van der Waals surface area (Å²) >= 11 is 0. The van der Waals surface area contributed by atoms with Gasteiger partial charge in [0.15, 0.2) is 0 Å². The summed E-state index contributed by atoms with van der Waals surface area (Å²) in [6.07, 6.45) is 0. The molecule has 0 spiro atoms. The second kappa shape index (κ2) is 9.74. The Morgan fingerprint density at radius 1 is 0.409 bits per heavy atom. The van der Waals surface area contributed by atoms with Crippen molar-refractivity contribution in [2.24, 2.45) is 0 Å². The van der Waals surface area contributed by atoms with Crippen LogP contribution < -0.4 is 0 Å². The minimum absolute atomic E-state index is 0.425. The monoisotopic (exact) mass is 559 g/mol. The van der Waals surface area contributed by atoms with Crippen LogP contribution in [0.4, 0.5) is 0 Å². The summed E-state index contributed by atoms with van der Waals surface area (Å²) in [6.45, 7) is 0. The Kier molecular flexibility index (Phi) is 5.56. The third kappa shape index (κ3) is 3.50. The van der Waals surface area contributed by atoms with E-state index in [1.807, 2.05) is 78.9 Å². The number of aromatic nitrogens is 2. The highest BCUT2D eigenvalue weighted by molar-refractivity contribution is 6.11. The van der Waals surface area contributed by atoms with Gasteiger partial charge in [-0.05, 0) is 54.1 Å². The lowest BCUT2D eigenvalue weighted by atomic mass is 9.93. The average Bonchev–Trinajstić information content (AvgIpc) is 3.60. The van der Waals surface area contributed by atoms with Gasteiger partial charge in [0.05, 0.1) is 56.2 Å². The summed E-state index contributed by atoms with van der Waals surface area (Å²) < 4.78 is 4.20. The number of benzene rings is 6. The summed E-state index contributed by atoms with van der Waals surface area (Å²) in [4.78, 5) is 0. The summed E-state index contributed by atoms with van der Waals surface area (Å²) in [7, 11) is 0. The van der Waals surface area contributed by atoms with Crippen LogP contribution in [-0.2, 0) is 0 Å². The van der Waals surface area contributed by atoms with Gasteiger partial charge < -0.3 is 9.13 Å². The molecule has 0 saturated carbocycles. The first kappa shape index (κ1) is 25.1. The number of hydrogen-bond donors (Lipinski definition) is 0. The molecule has 0 N–H and O–H groups in total. The van der Waals surface area contributed by atoms with Crippen LogP contribution in [0.5, 0.6) is 0 Å². The minimum atomic E-state index is 0.425. The third-order valence-electron chi connectivity index (χ3n) is 8.45. The molecule has 8 aromatic rings. The lowest BCUT2D eigenvalue weighted by Gasteiger charge is -2.18. The lowest BCUT2D eigenvalue weighted by molar-refractivity contribution is 1.16. The summed E-state index contributed by atoms with van der Waals surface area (Å²) in [6, 6.07) is 48.9. The molecule has 2 aromatic heterocycles. The largest absolute Gasteiger partial charge is 0.308 e. The number of nitriles is 3. The third-order valence-corrected chi connectivity index (χ3v) is 8.45. The standard InChI is InChI=1S/C39H21N5/c40-22-26-17-18-27(23-41)39(44-36-15-7-3-11-31(36)32-12-4-8-16-37(32)44)38(26)25-19-20-33(28(21-25)24-42)43-34-13-5-1-9-29(34)30-10-2-6-14-35(30)43/h1-21H. The van der Waals surface area contributed by atoms with Gasteiger partial charge >= 0.3 is 0 Å². The fraction of sp³-hybridized carbons (Fsp3) is 0. The normalized spacial score (nSPS) is 11.1. The molecular formula is C39H21N5. The molecule has 0 fully saturated rings. The van der Waals surface area contributed by atoms with Crippen molar-refractivity contribution in [3.8, 4) is 40.7 Å². The molecule has 0 aliphatic rings. The Balaban J connectivity index is 1.45. The summed E-state index contributed by atoms with van der Waals surface area (Å²) in [5.74, 6) is 0. The Morgan fingerprint density at radius 3 is 1.32 bits per heavy atom. The highest BCUT2D eigenvalue weighted by atomic mass is 15.0. The number of hydrogen-bond acceptors (Lipinski definition) is 3. The smallest absolute Gasteiger partial charge is 0.101 e. The van der Waals surface area contributed by atoms with Crippen LogP contribution in [0.1, 0.15) is 16.7 Å². The van der Waals surface area contributed by atoms with Crippen molar-refractivity contribution in [2.45, 2.75) is 0 Å². The molecule has 0 bridgehead atoms. The average molecular weight is 560 g/mol. The van der Waals surface area contributed by atoms with Crippen molar-refractivity contribution in [3.63, 3.8) is 0 Å². The maximum atomic E-state index is 10.5. The zero-order valence-corrected chi connectivity index (χ0v) is 23.4. The summed E-state index contributed by atoms with van der Waals surface area (Å²) in [5, 5.41) is 35.6. The van der Waals surface area contributed by atoms with Gasteiger partial charge in [-0.1, -0.05) is 78.9 Å². The van der Waals surface area contributed by atoms with E-state index in [4.69, 9.17) is 0 Å². The molecule has 202 valence electrons. The van der Waals surface area contributed by atoms with Crippen LogP contribution in [0, 0.1) is 34.0 Å². The van der Waals surface area contributed by atoms with Gasteiger partial charge in [0.2, 0.25) is 0 Å². The van der Waals surface area contributed by atoms with E-state index in [0.717, 1.165) is 49.3 Å². The van der Waals surface area contributed by atoms with E-state index in [1.54, 1.807) is 12.1 Å². The zero-order valence-electron chi connectivity index (χ0n) is 23.4. The van der Waals surface area contributed by atoms with Crippen molar-refractivity contribution in [3.05, 3.63) is 144 Å². The van der Waals surface area contributed by atoms with Crippen molar-refractivity contribution in [1.82, 2.24) is 9.13 Å². The SMILES string of the molecule is N#Cc1cc(-c2c(C#N)ccc(C#N)c2-n2c3ccccc3c3ccccc32)ccc1-n1c2ccccc2c2ccccc21. The first-order valence-electron chi connectivity index (χ1n) is 14.2. The predicted octanol–water partition coefficient (Wildman–Crippen LogP) is 9.16. The Morgan fingerprint density at radius 2 is 0.841 bits per heavy atom. The molecule has 44 heavy (non-hydrogen) atoms. The molecule has 8 rings (SSSR count). The van der Waals surface area contributed by atoms with Crippen LogP contribution in [-0.4, -0.2) is 9.13 Å². The number of para-hydroxylation sites is 4. The molecule has 0 radical (unpaired) electrons. The summed E-state index contributed by atoms with van der Waals surface area (Å²) in [5.41, 5.74) is 7.90. The fourth-order valence-electron chi connectivity index (χ4n) is 6.62. The van der Waals surface area contributed by atoms with Crippen LogP contribution in [0.2, 0.25) is 0 Å².